The number of nitrogens with zero attached hydrogens (tertiary/aromatic N) is 4. The van der Waals surface area contributed by atoms with Crippen molar-refractivity contribution in [2.75, 3.05) is 94.8 Å². The Kier molecular flexibility index (Phi) is 12.2. The van der Waals surface area contributed by atoms with Gasteiger partial charge in [-0.15, -0.1) is 0 Å². The van der Waals surface area contributed by atoms with Crippen LogP contribution in [0.4, 0.5) is 0 Å². The maximum atomic E-state index is 9.74. The van der Waals surface area contributed by atoms with E-state index >= 15 is 0 Å². The molecule has 0 heterocycles. The fraction of sp³-hybridized carbons (Fsp3) is 1.00. The molecule has 0 amide bonds. The summed E-state index contributed by atoms with van der Waals surface area (Å²) in [5.41, 5.74) is 0. The van der Waals surface area contributed by atoms with E-state index in [4.69, 9.17) is 4.74 Å². The molecule has 0 aromatic rings. The van der Waals surface area contributed by atoms with Crippen LogP contribution in [0.5, 0.6) is 0 Å². The topological polar surface area (TPSA) is 42.4 Å². The lowest BCUT2D eigenvalue weighted by Gasteiger charge is -2.28. The lowest BCUT2D eigenvalue weighted by molar-refractivity contribution is 0.0411. The van der Waals surface area contributed by atoms with Gasteiger partial charge in [0, 0.05) is 52.9 Å². The minimum absolute atomic E-state index is 0.398. The van der Waals surface area contributed by atoms with Crippen LogP contribution in [0.15, 0.2) is 0 Å². The SMILES string of the molecule is COCC(O)CN(C)CCN(CCN(C)C)CCN(C)C. The number of aliphatic hydroxyl groups is 1. The van der Waals surface area contributed by atoms with Crippen molar-refractivity contribution in [2.45, 2.75) is 6.10 Å². The monoisotopic (exact) mass is 304 g/mol. The molecule has 0 aromatic carbocycles. The first-order valence-electron chi connectivity index (χ1n) is 7.72. The highest BCUT2D eigenvalue weighted by Crippen LogP contribution is 1.95. The van der Waals surface area contributed by atoms with Crippen molar-refractivity contribution in [1.82, 2.24) is 19.6 Å². The Morgan fingerprint density at radius 2 is 1.29 bits per heavy atom. The van der Waals surface area contributed by atoms with Crippen LogP contribution >= 0.6 is 0 Å². The van der Waals surface area contributed by atoms with E-state index in [0.717, 1.165) is 39.3 Å². The third kappa shape index (κ3) is 13.2. The Bertz CT molecular complexity index is 228. The zero-order valence-corrected chi connectivity index (χ0v) is 14.9. The molecule has 0 spiro atoms. The predicted molar refractivity (Wildman–Crippen MR) is 88.9 cm³/mol. The van der Waals surface area contributed by atoms with Crippen LogP contribution in [-0.2, 0) is 4.74 Å². The summed E-state index contributed by atoms with van der Waals surface area (Å²) in [4.78, 5) is 9.09. The number of hydrogen-bond donors (Lipinski definition) is 1. The summed E-state index contributed by atoms with van der Waals surface area (Å²) in [6.45, 7) is 7.34. The van der Waals surface area contributed by atoms with Gasteiger partial charge in [-0.25, -0.2) is 0 Å². The molecule has 0 aliphatic carbocycles. The smallest absolute Gasteiger partial charge is 0.0899 e. The number of rotatable bonds is 13. The van der Waals surface area contributed by atoms with E-state index in [9.17, 15) is 5.11 Å². The first-order valence-corrected chi connectivity index (χ1v) is 7.72. The second-order valence-corrected chi connectivity index (χ2v) is 6.32. The van der Waals surface area contributed by atoms with Gasteiger partial charge in [0.2, 0.25) is 0 Å². The molecular weight excluding hydrogens is 268 g/mol. The van der Waals surface area contributed by atoms with Crippen LogP contribution in [-0.4, -0.2) is 126 Å². The summed E-state index contributed by atoms with van der Waals surface area (Å²) in [6, 6.07) is 0. The molecule has 0 fully saturated rings. The summed E-state index contributed by atoms with van der Waals surface area (Å²) in [5.74, 6) is 0. The van der Waals surface area contributed by atoms with Gasteiger partial charge in [0.05, 0.1) is 12.7 Å². The third-order valence-corrected chi connectivity index (χ3v) is 3.41. The van der Waals surface area contributed by atoms with Gasteiger partial charge in [0.25, 0.3) is 0 Å². The number of likely N-dealkylation sites (N-methyl/N-ethyl adjacent to an activating group) is 3. The highest BCUT2D eigenvalue weighted by Gasteiger charge is 2.11. The third-order valence-electron chi connectivity index (χ3n) is 3.41. The predicted octanol–water partition coefficient (Wildman–Crippen LogP) is -0.649. The van der Waals surface area contributed by atoms with Crippen LogP contribution in [0, 0.1) is 0 Å². The second kappa shape index (κ2) is 12.3. The normalized spacial score (nSPS) is 13.9. The average Bonchev–Trinajstić information content (AvgIpc) is 2.37. The Morgan fingerprint density at radius 1 is 0.810 bits per heavy atom. The van der Waals surface area contributed by atoms with Crippen molar-refractivity contribution in [2.24, 2.45) is 0 Å². The van der Waals surface area contributed by atoms with E-state index < -0.39 is 6.10 Å². The lowest BCUT2D eigenvalue weighted by atomic mass is 10.3. The first-order chi connectivity index (χ1) is 9.85. The molecule has 21 heavy (non-hydrogen) atoms. The molecule has 0 aromatic heterocycles. The van der Waals surface area contributed by atoms with Gasteiger partial charge in [0.1, 0.15) is 0 Å². The van der Waals surface area contributed by atoms with Crippen molar-refractivity contribution < 1.29 is 9.84 Å². The van der Waals surface area contributed by atoms with E-state index in [-0.39, 0.29) is 0 Å². The molecule has 0 radical (unpaired) electrons. The first kappa shape index (κ1) is 20.8. The van der Waals surface area contributed by atoms with Crippen LogP contribution in [0.3, 0.4) is 0 Å². The molecular formula is C15H36N4O2. The van der Waals surface area contributed by atoms with Crippen LogP contribution in [0.25, 0.3) is 0 Å². The maximum absolute atomic E-state index is 9.74. The van der Waals surface area contributed by atoms with Crippen LogP contribution < -0.4 is 0 Å². The van der Waals surface area contributed by atoms with Gasteiger partial charge < -0.3 is 24.5 Å². The van der Waals surface area contributed by atoms with Gasteiger partial charge >= 0.3 is 0 Å². The Balaban J connectivity index is 4.06. The summed E-state index contributed by atoms with van der Waals surface area (Å²) in [6.07, 6.45) is -0.406. The number of aliphatic hydroxyl groups excluding tert-OH is 1. The molecule has 6 nitrogen and oxygen atoms in total. The standard InChI is InChI=1S/C15H36N4O2/c1-16(2)7-10-19(11-8-17(3)4)12-9-18(5)13-15(20)14-21-6/h15,20H,7-14H2,1-6H3. The number of hydrogen-bond acceptors (Lipinski definition) is 6. The maximum Gasteiger partial charge on any atom is 0.0899 e. The molecule has 0 rings (SSSR count). The Hall–Kier alpha value is -0.240. The van der Waals surface area contributed by atoms with E-state index in [1.807, 2.05) is 0 Å². The Labute approximate surface area is 131 Å². The lowest BCUT2D eigenvalue weighted by Crippen LogP contribution is -2.42. The minimum Gasteiger partial charge on any atom is -0.389 e. The molecule has 6 heteroatoms. The van der Waals surface area contributed by atoms with Crippen molar-refractivity contribution in [3.05, 3.63) is 0 Å². The molecule has 0 saturated carbocycles. The van der Waals surface area contributed by atoms with Gasteiger partial charge in [-0.05, 0) is 35.2 Å². The molecule has 0 bridgehead atoms. The van der Waals surface area contributed by atoms with Crippen molar-refractivity contribution in [3.8, 4) is 0 Å². The fourth-order valence-electron chi connectivity index (χ4n) is 2.03. The summed E-state index contributed by atoms with van der Waals surface area (Å²) < 4.78 is 4.96. The van der Waals surface area contributed by atoms with Crippen molar-refractivity contribution in [3.63, 3.8) is 0 Å². The highest BCUT2D eigenvalue weighted by atomic mass is 16.5. The highest BCUT2D eigenvalue weighted by molar-refractivity contribution is 4.66. The van der Waals surface area contributed by atoms with E-state index in [0.29, 0.717) is 13.2 Å². The molecule has 0 aliphatic rings. The van der Waals surface area contributed by atoms with Crippen molar-refractivity contribution >= 4 is 0 Å². The van der Waals surface area contributed by atoms with Gasteiger partial charge in [-0.3, -0.25) is 4.90 Å². The molecule has 1 unspecified atom stereocenters. The number of ether oxygens (including phenoxy) is 1. The summed E-state index contributed by atoms with van der Waals surface area (Å²) in [7, 11) is 12.1. The zero-order chi connectivity index (χ0) is 16.3. The van der Waals surface area contributed by atoms with Gasteiger partial charge in [0.15, 0.2) is 0 Å². The average molecular weight is 304 g/mol. The van der Waals surface area contributed by atoms with Gasteiger partial charge in [-0.2, -0.15) is 0 Å². The molecule has 0 saturated heterocycles. The summed E-state index contributed by atoms with van der Waals surface area (Å²) >= 11 is 0. The minimum atomic E-state index is -0.406. The number of methoxy groups -OCH3 is 1. The largest absolute Gasteiger partial charge is 0.389 e. The molecule has 128 valence electrons. The zero-order valence-electron chi connectivity index (χ0n) is 14.9. The van der Waals surface area contributed by atoms with Crippen LogP contribution in [0.1, 0.15) is 0 Å². The van der Waals surface area contributed by atoms with E-state index in [2.05, 4.69) is 54.8 Å². The van der Waals surface area contributed by atoms with Crippen LogP contribution in [0.2, 0.25) is 0 Å². The molecule has 0 aliphatic heterocycles. The second-order valence-electron chi connectivity index (χ2n) is 6.32. The van der Waals surface area contributed by atoms with E-state index in [1.54, 1.807) is 7.11 Å². The van der Waals surface area contributed by atoms with Crippen molar-refractivity contribution in [1.29, 1.82) is 0 Å². The molecule has 1 atom stereocenters. The quantitative estimate of drug-likeness (QED) is 0.488. The Morgan fingerprint density at radius 3 is 1.71 bits per heavy atom. The fourth-order valence-corrected chi connectivity index (χ4v) is 2.03. The molecule has 1 N–H and O–H groups in total. The van der Waals surface area contributed by atoms with E-state index in [1.165, 1.54) is 0 Å². The summed E-state index contributed by atoms with van der Waals surface area (Å²) in [5, 5.41) is 9.74. The van der Waals surface area contributed by atoms with Gasteiger partial charge in [-0.1, -0.05) is 0 Å².